The number of aliphatic carboxylic acids is 1. The Labute approximate surface area is 112 Å². The van der Waals surface area contributed by atoms with Crippen LogP contribution in [0.4, 0.5) is 4.79 Å². The highest BCUT2D eigenvalue weighted by atomic mass is 32.2. The predicted molar refractivity (Wildman–Crippen MR) is 72.9 cm³/mol. The van der Waals surface area contributed by atoms with Gasteiger partial charge in [0.15, 0.2) is 0 Å². The molecule has 1 aliphatic rings. The third kappa shape index (κ3) is 5.16. The molecule has 0 aromatic heterocycles. The fraction of sp³-hybridized carbons (Fsp3) is 0.833. The van der Waals surface area contributed by atoms with Gasteiger partial charge in [-0.15, -0.1) is 0 Å². The molecule has 0 radical (unpaired) electrons. The van der Waals surface area contributed by atoms with E-state index in [0.717, 1.165) is 25.0 Å². The van der Waals surface area contributed by atoms with Crippen molar-refractivity contribution in [3.63, 3.8) is 0 Å². The first-order valence-electron chi connectivity index (χ1n) is 6.31. The van der Waals surface area contributed by atoms with Crippen molar-refractivity contribution >= 4 is 23.8 Å². The Balaban J connectivity index is 2.34. The lowest BCUT2D eigenvalue weighted by atomic mass is 10.1. The number of amides is 2. The molecule has 104 valence electrons. The maximum Gasteiger partial charge on any atom is 0.326 e. The molecule has 0 aromatic carbocycles. The number of nitrogens with one attached hydrogen (secondary N) is 2. The summed E-state index contributed by atoms with van der Waals surface area (Å²) in [6.07, 6.45) is 5.46. The first-order valence-corrected chi connectivity index (χ1v) is 7.71. The van der Waals surface area contributed by atoms with Crippen LogP contribution in [0.1, 0.15) is 32.6 Å². The van der Waals surface area contributed by atoms with Crippen LogP contribution in [0.2, 0.25) is 0 Å². The summed E-state index contributed by atoms with van der Waals surface area (Å²) in [5.41, 5.74) is 0. The molecule has 0 saturated heterocycles. The number of carbonyl (C=O) groups excluding carboxylic acids is 1. The SMILES string of the molecule is CSCCC(NC(=O)NC1CCC(C)C1)C(=O)O. The van der Waals surface area contributed by atoms with Crippen molar-refractivity contribution in [1.82, 2.24) is 10.6 Å². The van der Waals surface area contributed by atoms with Gasteiger partial charge in [-0.05, 0) is 43.6 Å². The molecular weight excluding hydrogens is 252 g/mol. The van der Waals surface area contributed by atoms with Crippen molar-refractivity contribution in [1.29, 1.82) is 0 Å². The van der Waals surface area contributed by atoms with E-state index in [9.17, 15) is 9.59 Å². The Morgan fingerprint density at radius 1 is 1.44 bits per heavy atom. The fourth-order valence-corrected chi connectivity index (χ4v) is 2.69. The maximum atomic E-state index is 11.7. The third-order valence-electron chi connectivity index (χ3n) is 3.24. The van der Waals surface area contributed by atoms with Gasteiger partial charge in [-0.2, -0.15) is 11.8 Å². The van der Waals surface area contributed by atoms with Gasteiger partial charge in [-0.1, -0.05) is 6.92 Å². The van der Waals surface area contributed by atoms with Gasteiger partial charge < -0.3 is 15.7 Å². The largest absolute Gasteiger partial charge is 0.480 e. The van der Waals surface area contributed by atoms with Crippen LogP contribution in [-0.4, -0.2) is 41.2 Å². The van der Waals surface area contributed by atoms with Gasteiger partial charge in [0.1, 0.15) is 6.04 Å². The van der Waals surface area contributed by atoms with Crippen molar-refractivity contribution in [3.8, 4) is 0 Å². The van der Waals surface area contributed by atoms with Gasteiger partial charge >= 0.3 is 12.0 Å². The molecule has 3 atom stereocenters. The molecular formula is C12H22N2O3S. The molecule has 1 saturated carbocycles. The first kappa shape index (κ1) is 15.1. The molecule has 2 amide bonds. The average molecular weight is 274 g/mol. The maximum absolute atomic E-state index is 11.7. The lowest BCUT2D eigenvalue weighted by Gasteiger charge is -2.17. The molecule has 3 unspecified atom stereocenters. The summed E-state index contributed by atoms with van der Waals surface area (Å²) in [4.78, 5) is 22.7. The Bertz CT molecular complexity index is 299. The van der Waals surface area contributed by atoms with E-state index in [1.54, 1.807) is 11.8 Å². The van der Waals surface area contributed by atoms with Gasteiger partial charge in [0.05, 0.1) is 0 Å². The minimum atomic E-state index is -0.973. The van der Waals surface area contributed by atoms with Crippen LogP contribution in [0.5, 0.6) is 0 Å². The number of thioether (sulfide) groups is 1. The molecule has 1 aliphatic carbocycles. The average Bonchev–Trinajstić information content (AvgIpc) is 2.69. The van der Waals surface area contributed by atoms with Gasteiger partial charge in [0.25, 0.3) is 0 Å². The molecule has 18 heavy (non-hydrogen) atoms. The van der Waals surface area contributed by atoms with E-state index in [1.165, 1.54) is 0 Å². The molecule has 3 N–H and O–H groups in total. The normalized spacial score (nSPS) is 24.6. The van der Waals surface area contributed by atoms with Crippen molar-refractivity contribution in [2.75, 3.05) is 12.0 Å². The minimum Gasteiger partial charge on any atom is -0.480 e. The number of urea groups is 1. The van der Waals surface area contributed by atoms with Crippen molar-refractivity contribution in [2.45, 2.75) is 44.7 Å². The second-order valence-electron chi connectivity index (χ2n) is 4.91. The monoisotopic (exact) mass is 274 g/mol. The highest BCUT2D eigenvalue weighted by Crippen LogP contribution is 2.24. The second-order valence-corrected chi connectivity index (χ2v) is 5.89. The van der Waals surface area contributed by atoms with E-state index in [-0.39, 0.29) is 12.1 Å². The zero-order valence-electron chi connectivity index (χ0n) is 10.9. The summed E-state index contributed by atoms with van der Waals surface area (Å²) in [7, 11) is 0. The number of carboxylic acid groups (broad SMARTS) is 1. The summed E-state index contributed by atoms with van der Waals surface area (Å²) >= 11 is 1.57. The molecule has 5 nitrogen and oxygen atoms in total. The summed E-state index contributed by atoms with van der Waals surface area (Å²) in [5, 5.41) is 14.4. The topological polar surface area (TPSA) is 78.4 Å². The Morgan fingerprint density at radius 2 is 2.17 bits per heavy atom. The van der Waals surface area contributed by atoms with Crippen LogP contribution in [0.25, 0.3) is 0 Å². The molecule has 0 aromatic rings. The second kappa shape index (κ2) is 7.51. The number of carboxylic acids is 1. The summed E-state index contributed by atoms with van der Waals surface area (Å²) in [6.45, 7) is 2.16. The summed E-state index contributed by atoms with van der Waals surface area (Å²) < 4.78 is 0. The molecule has 1 fully saturated rings. The molecule has 0 heterocycles. The fourth-order valence-electron chi connectivity index (χ4n) is 2.22. The van der Waals surface area contributed by atoms with Crippen LogP contribution >= 0.6 is 11.8 Å². The highest BCUT2D eigenvalue weighted by Gasteiger charge is 2.25. The smallest absolute Gasteiger partial charge is 0.326 e. The van der Waals surface area contributed by atoms with Crippen molar-refractivity contribution < 1.29 is 14.7 Å². The molecule has 0 bridgehead atoms. The van der Waals surface area contributed by atoms with E-state index in [2.05, 4.69) is 17.6 Å². The van der Waals surface area contributed by atoms with E-state index in [1.807, 2.05) is 6.26 Å². The van der Waals surface area contributed by atoms with Gasteiger partial charge in [0, 0.05) is 6.04 Å². The van der Waals surface area contributed by atoms with Crippen molar-refractivity contribution in [2.24, 2.45) is 5.92 Å². The minimum absolute atomic E-state index is 0.190. The Morgan fingerprint density at radius 3 is 2.67 bits per heavy atom. The molecule has 0 spiro atoms. The standard InChI is InChI=1S/C12H22N2O3S/c1-8-3-4-9(7-8)13-12(17)14-10(11(15)16)5-6-18-2/h8-10H,3-7H2,1-2H3,(H,15,16)(H2,13,14,17). The Hall–Kier alpha value is -0.910. The first-order chi connectivity index (χ1) is 8.52. The number of hydrogen-bond donors (Lipinski definition) is 3. The van der Waals surface area contributed by atoms with Gasteiger partial charge in [0.2, 0.25) is 0 Å². The van der Waals surface area contributed by atoms with E-state index in [4.69, 9.17) is 5.11 Å². The van der Waals surface area contributed by atoms with Gasteiger partial charge in [-0.25, -0.2) is 9.59 Å². The third-order valence-corrected chi connectivity index (χ3v) is 3.89. The van der Waals surface area contributed by atoms with E-state index < -0.39 is 12.0 Å². The van der Waals surface area contributed by atoms with E-state index >= 15 is 0 Å². The van der Waals surface area contributed by atoms with E-state index in [0.29, 0.717) is 12.3 Å². The quantitative estimate of drug-likeness (QED) is 0.688. The molecule has 0 aliphatic heterocycles. The number of carbonyl (C=O) groups is 2. The Kier molecular flexibility index (Phi) is 6.32. The van der Waals surface area contributed by atoms with Crippen LogP contribution in [0, 0.1) is 5.92 Å². The molecule has 6 heteroatoms. The van der Waals surface area contributed by atoms with Crippen LogP contribution in [0.3, 0.4) is 0 Å². The zero-order chi connectivity index (χ0) is 13.5. The predicted octanol–water partition coefficient (Wildman–Crippen LogP) is 1.68. The highest BCUT2D eigenvalue weighted by molar-refractivity contribution is 7.98. The van der Waals surface area contributed by atoms with Crippen LogP contribution in [0.15, 0.2) is 0 Å². The summed E-state index contributed by atoms with van der Waals surface area (Å²) in [6, 6.07) is -0.964. The number of rotatable bonds is 6. The number of hydrogen-bond acceptors (Lipinski definition) is 3. The zero-order valence-corrected chi connectivity index (χ0v) is 11.8. The van der Waals surface area contributed by atoms with Gasteiger partial charge in [-0.3, -0.25) is 0 Å². The van der Waals surface area contributed by atoms with Crippen LogP contribution in [-0.2, 0) is 4.79 Å². The lowest BCUT2D eigenvalue weighted by molar-refractivity contribution is -0.139. The molecule has 1 rings (SSSR count). The van der Waals surface area contributed by atoms with Crippen molar-refractivity contribution in [3.05, 3.63) is 0 Å². The lowest BCUT2D eigenvalue weighted by Crippen LogP contribution is -2.48. The summed E-state index contributed by atoms with van der Waals surface area (Å²) in [5.74, 6) is 0.388. The van der Waals surface area contributed by atoms with Crippen LogP contribution < -0.4 is 10.6 Å².